The second kappa shape index (κ2) is 13.5. The Morgan fingerprint density at radius 3 is 1.71 bits per heavy atom. The fourth-order valence-electron chi connectivity index (χ4n) is 5.76. The molecule has 12 atom stereocenters. The van der Waals surface area contributed by atoms with Crippen molar-refractivity contribution in [1.82, 2.24) is 0 Å². The Hall–Kier alpha value is -2.84. The lowest BCUT2D eigenvalue weighted by atomic mass is 9.90. The van der Waals surface area contributed by atoms with Gasteiger partial charge < -0.3 is 79.9 Å². The number of aliphatic hydroxyl groups is 10. The van der Waals surface area contributed by atoms with E-state index in [9.17, 15) is 56.2 Å². The van der Waals surface area contributed by atoms with E-state index in [4.69, 9.17) is 23.7 Å². The molecule has 0 aliphatic carbocycles. The van der Waals surface area contributed by atoms with Crippen molar-refractivity contribution in [2.45, 2.75) is 93.6 Å². The quantitative estimate of drug-likeness (QED) is 0.138. The van der Waals surface area contributed by atoms with E-state index in [1.165, 1.54) is 19.1 Å². The molecule has 11 N–H and O–H groups in total. The molecule has 2 saturated heterocycles. The summed E-state index contributed by atoms with van der Waals surface area (Å²) in [7, 11) is 0. The van der Waals surface area contributed by atoms with E-state index in [1.807, 2.05) is 0 Å². The monoisotopic (exact) mass is 642 g/mol. The van der Waals surface area contributed by atoms with Crippen LogP contribution >= 0.6 is 0 Å². The predicted octanol–water partition coefficient (Wildman–Crippen LogP) is -2.89. The molecule has 3 aliphatic heterocycles. The highest BCUT2D eigenvalue weighted by atomic mass is 16.7. The first-order valence-electron chi connectivity index (χ1n) is 14.3. The van der Waals surface area contributed by atoms with Gasteiger partial charge in [-0.25, -0.2) is 0 Å². The van der Waals surface area contributed by atoms with Crippen LogP contribution < -0.4 is 14.2 Å². The molecule has 16 heteroatoms. The smallest absolute Gasteiger partial charge is 0.229 e. The Labute approximate surface area is 256 Å². The number of hydrogen-bond acceptors (Lipinski definition) is 16. The summed E-state index contributed by atoms with van der Waals surface area (Å²) in [6, 6.07) is 6.05. The van der Waals surface area contributed by atoms with Gasteiger partial charge in [-0.1, -0.05) is 12.1 Å². The number of benzene rings is 2. The molecule has 2 aromatic carbocycles. The highest BCUT2D eigenvalue weighted by molar-refractivity contribution is 5.64. The molecule has 0 unspecified atom stereocenters. The number of aliphatic hydroxyl groups excluding tert-OH is 10. The lowest BCUT2D eigenvalue weighted by Crippen LogP contribution is -2.60. The summed E-state index contributed by atoms with van der Waals surface area (Å²) in [5.74, 6) is -0.551. The standard InChI is InChI=1S/C29H38O16/c1-10-25(44-28-23(39)21(37)19(35)16(8-31)42-28)13(7-30)27(45-29-24(40)22(38)20(36)17(9-32)43-29)18-14(34)6-15(41-26(10)18)11-2-4-12(33)5-3-11/h2-5,14-17,19-24,28-40H,6-9H2,1H3/t14-,15+,16-,17-,19-,20-,21-,22-,23-,24-,28+,29+/m0/s1. The second-order valence-corrected chi connectivity index (χ2v) is 11.2. The van der Waals surface area contributed by atoms with Crippen LogP contribution in [0.2, 0.25) is 0 Å². The molecular formula is C29H38O16. The van der Waals surface area contributed by atoms with Crippen LogP contribution in [0.1, 0.15) is 40.9 Å². The molecule has 2 fully saturated rings. The maximum atomic E-state index is 11.4. The van der Waals surface area contributed by atoms with Gasteiger partial charge in [-0.05, 0) is 24.6 Å². The van der Waals surface area contributed by atoms with Crippen molar-refractivity contribution >= 4 is 0 Å². The van der Waals surface area contributed by atoms with E-state index in [-0.39, 0.29) is 46.1 Å². The van der Waals surface area contributed by atoms with E-state index in [1.54, 1.807) is 12.1 Å². The number of rotatable bonds is 8. The Morgan fingerprint density at radius 2 is 1.22 bits per heavy atom. The zero-order valence-corrected chi connectivity index (χ0v) is 24.0. The van der Waals surface area contributed by atoms with Gasteiger partial charge in [0, 0.05) is 12.0 Å². The summed E-state index contributed by atoms with van der Waals surface area (Å²) in [5.41, 5.74) is 0.557. The van der Waals surface area contributed by atoms with Crippen LogP contribution in [0.4, 0.5) is 0 Å². The van der Waals surface area contributed by atoms with Crippen molar-refractivity contribution in [2.24, 2.45) is 0 Å². The Bertz CT molecular complexity index is 1320. The first kappa shape index (κ1) is 33.5. The van der Waals surface area contributed by atoms with Crippen molar-refractivity contribution in [3.05, 3.63) is 46.5 Å². The van der Waals surface area contributed by atoms with Crippen LogP contribution in [0.5, 0.6) is 23.0 Å². The van der Waals surface area contributed by atoms with Crippen LogP contribution in [0.3, 0.4) is 0 Å². The van der Waals surface area contributed by atoms with Crippen LogP contribution in [-0.4, -0.2) is 131 Å². The summed E-state index contributed by atoms with van der Waals surface area (Å²) in [6.45, 7) is -0.840. The Morgan fingerprint density at radius 1 is 0.711 bits per heavy atom. The predicted molar refractivity (Wildman–Crippen MR) is 147 cm³/mol. The lowest BCUT2D eigenvalue weighted by Gasteiger charge is -2.42. The Kier molecular flexibility index (Phi) is 10.0. The fourth-order valence-corrected chi connectivity index (χ4v) is 5.76. The van der Waals surface area contributed by atoms with E-state index in [0.29, 0.717) is 5.56 Å². The number of ether oxygens (including phenoxy) is 5. The first-order chi connectivity index (χ1) is 21.4. The highest BCUT2D eigenvalue weighted by Crippen LogP contribution is 2.53. The first-order valence-corrected chi connectivity index (χ1v) is 14.3. The molecule has 0 radical (unpaired) electrons. The fraction of sp³-hybridized carbons (Fsp3) is 0.586. The summed E-state index contributed by atoms with van der Waals surface area (Å²) in [4.78, 5) is 0. The number of phenols is 1. The summed E-state index contributed by atoms with van der Waals surface area (Å²) in [6.07, 6.45) is -19.0. The van der Waals surface area contributed by atoms with Crippen molar-refractivity contribution in [2.75, 3.05) is 13.2 Å². The molecule has 0 bridgehead atoms. The van der Waals surface area contributed by atoms with Crippen LogP contribution in [0, 0.1) is 6.92 Å². The van der Waals surface area contributed by atoms with Crippen LogP contribution in [0.25, 0.3) is 0 Å². The molecule has 45 heavy (non-hydrogen) atoms. The highest BCUT2D eigenvalue weighted by Gasteiger charge is 2.48. The van der Waals surface area contributed by atoms with Crippen LogP contribution in [0.15, 0.2) is 24.3 Å². The Balaban J connectivity index is 1.62. The molecule has 3 heterocycles. The summed E-state index contributed by atoms with van der Waals surface area (Å²) in [5, 5.41) is 113. The number of phenolic OH excluding ortho intramolecular Hbond substituents is 1. The van der Waals surface area contributed by atoms with E-state index in [0.717, 1.165) is 0 Å². The largest absolute Gasteiger partial charge is 0.508 e. The maximum absolute atomic E-state index is 11.4. The zero-order valence-electron chi connectivity index (χ0n) is 24.0. The van der Waals surface area contributed by atoms with E-state index in [2.05, 4.69) is 0 Å². The van der Waals surface area contributed by atoms with Crippen molar-refractivity contribution < 1.29 is 79.9 Å². The van der Waals surface area contributed by atoms with Crippen molar-refractivity contribution in [3.63, 3.8) is 0 Å². The minimum Gasteiger partial charge on any atom is -0.508 e. The SMILES string of the molecule is Cc1c(O[C@H]2O[C@@H](CO)[C@H](O)[C@H](O)[C@@H]2O)c(CO)c(O[C@H]2O[C@@H](CO)[C@H](O)[C@H](O)[C@@H]2O)c2c1O[C@@H](c1ccc(O)cc1)C[C@@H]2O. The van der Waals surface area contributed by atoms with Gasteiger partial charge >= 0.3 is 0 Å². The number of fused-ring (bicyclic) bond motifs is 1. The topological polar surface area (TPSA) is 269 Å². The minimum atomic E-state index is -1.87. The third-order valence-electron chi connectivity index (χ3n) is 8.34. The normalized spacial score (nSPS) is 36.6. The lowest BCUT2D eigenvalue weighted by molar-refractivity contribution is -0.279. The molecular weight excluding hydrogens is 604 g/mol. The van der Waals surface area contributed by atoms with Gasteiger partial charge in [-0.15, -0.1) is 0 Å². The van der Waals surface area contributed by atoms with Crippen LogP contribution in [-0.2, 0) is 16.1 Å². The van der Waals surface area contributed by atoms with Gasteiger partial charge in [0.15, 0.2) is 0 Å². The van der Waals surface area contributed by atoms with Crippen molar-refractivity contribution in [1.29, 1.82) is 0 Å². The molecule has 16 nitrogen and oxygen atoms in total. The molecule has 0 amide bonds. The van der Waals surface area contributed by atoms with Gasteiger partial charge in [0.1, 0.15) is 77.9 Å². The molecule has 2 aromatic rings. The van der Waals surface area contributed by atoms with Crippen molar-refractivity contribution in [3.8, 4) is 23.0 Å². The number of aromatic hydroxyl groups is 1. The summed E-state index contributed by atoms with van der Waals surface area (Å²) < 4.78 is 29.2. The number of hydrogen-bond donors (Lipinski definition) is 11. The van der Waals surface area contributed by atoms with Gasteiger partial charge in [0.05, 0.1) is 37.1 Å². The van der Waals surface area contributed by atoms with Gasteiger partial charge in [-0.3, -0.25) is 0 Å². The molecule has 0 aromatic heterocycles. The minimum absolute atomic E-state index is 0.00436. The molecule has 250 valence electrons. The van der Waals surface area contributed by atoms with E-state index < -0.39 is 93.4 Å². The molecule has 5 rings (SSSR count). The summed E-state index contributed by atoms with van der Waals surface area (Å²) >= 11 is 0. The average Bonchev–Trinajstić information content (AvgIpc) is 3.03. The van der Waals surface area contributed by atoms with E-state index >= 15 is 0 Å². The molecule has 0 saturated carbocycles. The average molecular weight is 643 g/mol. The molecule has 3 aliphatic rings. The van der Waals surface area contributed by atoms with Gasteiger partial charge in [0.25, 0.3) is 0 Å². The second-order valence-electron chi connectivity index (χ2n) is 11.2. The maximum Gasteiger partial charge on any atom is 0.229 e. The van der Waals surface area contributed by atoms with Gasteiger partial charge in [0.2, 0.25) is 12.6 Å². The third kappa shape index (κ3) is 6.17. The molecule has 0 spiro atoms. The zero-order chi connectivity index (χ0) is 32.7. The van der Waals surface area contributed by atoms with Gasteiger partial charge in [-0.2, -0.15) is 0 Å². The third-order valence-corrected chi connectivity index (χ3v) is 8.34.